The third kappa shape index (κ3) is 3.06. The van der Waals surface area contributed by atoms with Gasteiger partial charge in [0.05, 0.1) is 4.70 Å². The molecule has 2 aliphatic rings. The van der Waals surface area contributed by atoms with Gasteiger partial charge in [-0.15, -0.1) is 0 Å². The molecule has 0 aliphatic heterocycles. The summed E-state index contributed by atoms with van der Waals surface area (Å²) < 4.78 is 27.1. The van der Waals surface area contributed by atoms with Gasteiger partial charge >= 0.3 is 6.03 Å². The molecule has 120 valence electrons. The zero-order valence-electron chi connectivity index (χ0n) is 12.2. The van der Waals surface area contributed by atoms with Crippen LogP contribution >= 0.6 is 11.3 Å². The molecule has 0 bridgehead atoms. The van der Waals surface area contributed by atoms with Gasteiger partial charge in [0, 0.05) is 12.6 Å². The number of allylic oxidation sites excluding steroid dienone is 2. The van der Waals surface area contributed by atoms with Crippen molar-refractivity contribution in [1.82, 2.24) is 10.3 Å². The lowest BCUT2D eigenvalue weighted by Gasteiger charge is -2.17. The van der Waals surface area contributed by atoms with Crippen molar-refractivity contribution in [2.24, 2.45) is 11.8 Å². The molecule has 2 amide bonds. The minimum atomic E-state index is -0.723. The van der Waals surface area contributed by atoms with Gasteiger partial charge in [-0.25, -0.2) is 18.6 Å². The van der Waals surface area contributed by atoms with Crippen LogP contribution in [-0.4, -0.2) is 17.6 Å². The van der Waals surface area contributed by atoms with Crippen molar-refractivity contribution in [3.05, 3.63) is 35.4 Å². The van der Waals surface area contributed by atoms with Crippen molar-refractivity contribution in [3.63, 3.8) is 0 Å². The second-order valence-corrected chi connectivity index (χ2v) is 7.14. The lowest BCUT2D eigenvalue weighted by molar-refractivity contribution is 0.249. The molecule has 2 atom stereocenters. The molecule has 7 heteroatoms. The van der Waals surface area contributed by atoms with Gasteiger partial charge < -0.3 is 5.32 Å². The maximum Gasteiger partial charge on any atom is 0.321 e. The maximum atomic E-state index is 13.6. The zero-order valence-corrected chi connectivity index (χ0v) is 13.1. The Bertz CT molecular complexity index is 817. The second-order valence-electron chi connectivity index (χ2n) is 6.11. The van der Waals surface area contributed by atoms with E-state index in [-0.39, 0.29) is 16.7 Å². The largest absolute Gasteiger partial charge is 0.338 e. The molecular weight excluding hydrogens is 320 g/mol. The summed E-state index contributed by atoms with van der Waals surface area (Å²) in [6.07, 6.45) is 5.65. The van der Waals surface area contributed by atoms with Crippen LogP contribution in [0.25, 0.3) is 10.2 Å². The number of hydrogen-bond acceptors (Lipinski definition) is 3. The Hall–Kier alpha value is -2.02. The van der Waals surface area contributed by atoms with E-state index in [4.69, 9.17) is 0 Å². The molecule has 1 aromatic carbocycles. The Morgan fingerprint density at radius 3 is 3.09 bits per heavy atom. The van der Waals surface area contributed by atoms with E-state index < -0.39 is 11.6 Å². The molecule has 23 heavy (non-hydrogen) atoms. The third-order valence-electron chi connectivity index (χ3n) is 4.36. The van der Waals surface area contributed by atoms with Gasteiger partial charge in [-0.05, 0) is 37.2 Å². The minimum absolute atomic E-state index is 0.0744. The molecule has 1 fully saturated rings. The van der Waals surface area contributed by atoms with Crippen molar-refractivity contribution in [1.29, 1.82) is 0 Å². The molecule has 1 saturated carbocycles. The van der Waals surface area contributed by atoms with Crippen LogP contribution in [0.3, 0.4) is 0 Å². The van der Waals surface area contributed by atoms with Crippen molar-refractivity contribution in [2.45, 2.75) is 19.3 Å². The molecule has 0 radical (unpaired) electrons. The molecule has 4 rings (SSSR count). The van der Waals surface area contributed by atoms with Crippen LogP contribution < -0.4 is 10.6 Å². The molecule has 2 unspecified atom stereocenters. The number of carbonyl (C=O) groups is 1. The molecule has 2 N–H and O–H groups in total. The Kier molecular flexibility index (Phi) is 3.52. The van der Waals surface area contributed by atoms with Gasteiger partial charge in [0.25, 0.3) is 0 Å². The van der Waals surface area contributed by atoms with Crippen LogP contribution in [0.4, 0.5) is 18.7 Å². The third-order valence-corrected chi connectivity index (χ3v) is 5.28. The van der Waals surface area contributed by atoms with Gasteiger partial charge in [0.15, 0.2) is 10.9 Å². The monoisotopic (exact) mass is 335 g/mol. The number of thiazole rings is 1. The van der Waals surface area contributed by atoms with Gasteiger partial charge in [0.2, 0.25) is 0 Å². The number of nitrogens with one attached hydrogen (secondary N) is 2. The van der Waals surface area contributed by atoms with Gasteiger partial charge in [-0.2, -0.15) is 0 Å². The Morgan fingerprint density at radius 1 is 1.39 bits per heavy atom. The molecule has 2 aromatic rings. The molecule has 4 nitrogen and oxygen atoms in total. The summed E-state index contributed by atoms with van der Waals surface area (Å²) in [5.41, 5.74) is 1.64. The first-order chi connectivity index (χ1) is 11.1. The number of urea groups is 1. The van der Waals surface area contributed by atoms with E-state index >= 15 is 0 Å². The predicted molar refractivity (Wildman–Crippen MR) is 85.5 cm³/mol. The van der Waals surface area contributed by atoms with E-state index in [0.717, 1.165) is 36.2 Å². The highest BCUT2D eigenvalue weighted by atomic mass is 32.1. The average Bonchev–Trinajstić information content (AvgIpc) is 3.16. The van der Waals surface area contributed by atoms with Crippen molar-refractivity contribution in [2.75, 3.05) is 11.9 Å². The van der Waals surface area contributed by atoms with Crippen molar-refractivity contribution in [3.8, 4) is 0 Å². The number of nitrogens with zero attached hydrogens (tertiary/aromatic N) is 1. The topological polar surface area (TPSA) is 54.0 Å². The van der Waals surface area contributed by atoms with Gasteiger partial charge in [-0.3, -0.25) is 5.32 Å². The Balaban J connectivity index is 1.36. The maximum absolute atomic E-state index is 13.6. The SMILES string of the molecule is O=C(NCC1CC=C2CC2C1)Nc1nc2c(F)cc(F)cc2s1. The highest BCUT2D eigenvalue weighted by Gasteiger charge is 2.34. The highest BCUT2D eigenvalue weighted by Crippen LogP contribution is 2.46. The second kappa shape index (κ2) is 5.56. The van der Waals surface area contributed by atoms with Gasteiger partial charge in [-0.1, -0.05) is 23.0 Å². The number of hydrogen-bond donors (Lipinski definition) is 2. The van der Waals surface area contributed by atoms with E-state index in [2.05, 4.69) is 21.7 Å². The molecule has 1 aromatic heterocycles. The fraction of sp³-hybridized carbons (Fsp3) is 0.375. The number of halogens is 2. The summed E-state index contributed by atoms with van der Waals surface area (Å²) in [5, 5.41) is 5.68. The number of fused-ring (bicyclic) bond motifs is 2. The fourth-order valence-corrected chi connectivity index (χ4v) is 3.98. The first-order valence-corrected chi connectivity index (χ1v) is 8.39. The number of rotatable bonds is 3. The van der Waals surface area contributed by atoms with Crippen LogP contribution in [0.5, 0.6) is 0 Å². The van der Waals surface area contributed by atoms with Gasteiger partial charge in [0.1, 0.15) is 11.3 Å². The first kappa shape index (κ1) is 14.6. The quantitative estimate of drug-likeness (QED) is 0.832. The van der Waals surface area contributed by atoms with E-state index in [1.807, 2.05) is 0 Å². The fourth-order valence-electron chi connectivity index (χ4n) is 3.08. The highest BCUT2D eigenvalue weighted by molar-refractivity contribution is 7.22. The van der Waals surface area contributed by atoms with Crippen LogP contribution in [0.2, 0.25) is 0 Å². The Labute approximate surface area is 135 Å². The normalized spacial score (nSPS) is 22.4. The van der Waals surface area contributed by atoms with E-state index in [0.29, 0.717) is 17.2 Å². The number of aromatic nitrogens is 1. The number of amides is 2. The van der Waals surface area contributed by atoms with Crippen LogP contribution in [0, 0.1) is 23.5 Å². The lowest BCUT2D eigenvalue weighted by Crippen LogP contribution is -2.33. The van der Waals surface area contributed by atoms with Crippen LogP contribution in [0.1, 0.15) is 19.3 Å². The van der Waals surface area contributed by atoms with E-state index in [1.54, 1.807) is 5.57 Å². The molecule has 0 spiro atoms. The van der Waals surface area contributed by atoms with E-state index in [1.165, 1.54) is 12.5 Å². The molecule has 1 heterocycles. The Morgan fingerprint density at radius 2 is 2.26 bits per heavy atom. The summed E-state index contributed by atoms with van der Waals surface area (Å²) >= 11 is 1.05. The standard InChI is InChI=1S/C16H15F2N3OS/c17-11-5-12(18)14-13(6-11)23-16(20-14)21-15(22)19-7-8-1-2-9-4-10(9)3-8/h2,5-6,8,10H,1,3-4,7H2,(H2,19,20,21,22). The minimum Gasteiger partial charge on any atom is -0.338 e. The lowest BCUT2D eigenvalue weighted by atomic mass is 9.94. The summed E-state index contributed by atoms with van der Waals surface area (Å²) in [5.74, 6) is -0.168. The predicted octanol–water partition coefficient (Wildman–Crippen LogP) is 4.05. The van der Waals surface area contributed by atoms with Crippen molar-refractivity contribution >= 4 is 32.7 Å². The number of anilines is 1. The summed E-state index contributed by atoms with van der Waals surface area (Å²) in [7, 11) is 0. The molecular formula is C16H15F2N3OS. The van der Waals surface area contributed by atoms with Crippen LogP contribution in [-0.2, 0) is 0 Å². The average molecular weight is 335 g/mol. The van der Waals surface area contributed by atoms with Crippen molar-refractivity contribution < 1.29 is 13.6 Å². The first-order valence-electron chi connectivity index (χ1n) is 7.58. The number of benzene rings is 1. The molecule has 0 saturated heterocycles. The molecule has 2 aliphatic carbocycles. The van der Waals surface area contributed by atoms with E-state index in [9.17, 15) is 13.6 Å². The summed E-state index contributed by atoms with van der Waals surface area (Å²) in [6, 6.07) is 1.63. The smallest absolute Gasteiger partial charge is 0.321 e. The summed E-state index contributed by atoms with van der Waals surface area (Å²) in [6.45, 7) is 0.611. The number of carbonyl (C=O) groups excluding carboxylic acids is 1. The zero-order chi connectivity index (χ0) is 16.0. The van der Waals surface area contributed by atoms with Crippen LogP contribution in [0.15, 0.2) is 23.8 Å². The summed E-state index contributed by atoms with van der Waals surface area (Å²) in [4.78, 5) is 15.9.